The van der Waals surface area contributed by atoms with Gasteiger partial charge >= 0.3 is 0 Å². The monoisotopic (exact) mass is 314 g/mol. The van der Waals surface area contributed by atoms with Crippen molar-refractivity contribution in [2.75, 3.05) is 18.4 Å². The van der Waals surface area contributed by atoms with Crippen molar-refractivity contribution in [2.24, 2.45) is 11.8 Å². The maximum Gasteiger partial charge on any atom is 0.227 e. The third-order valence-corrected chi connectivity index (χ3v) is 4.95. The molecule has 4 nitrogen and oxygen atoms in total. The highest BCUT2D eigenvalue weighted by Crippen LogP contribution is 2.32. The van der Waals surface area contributed by atoms with E-state index in [4.69, 9.17) is 0 Å². The summed E-state index contributed by atoms with van der Waals surface area (Å²) in [5.41, 5.74) is 2.13. The summed E-state index contributed by atoms with van der Waals surface area (Å²) in [6.07, 6.45) is 3.64. The number of likely N-dealkylation sites (tertiary alicyclic amines) is 1. The highest BCUT2D eigenvalue weighted by atomic mass is 16.2. The molecule has 2 aliphatic rings. The average Bonchev–Trinajstić information content (AvgIpc) is 3.40. The maximum absolute atomic E-state index is 12.4. The first kappa shape index (κ1) is 16.0. The summed E-state index contributed by atoms with van der Waals surface area (Å²) < 4.78 is 0. The summed E-state index contributed by atoms with van der Waals surface area (Å²) in [6, 6.07) is 8.08. The number of carbonyl (C=O) groups is 2. The Kier molecular flexibility index (Phi) is 4.69. The molecule has 3 rings (SSSR count). The highest BCUT2D eigenvalue weighted by molar-refractivity contribution is 5.92. The van der Waals surface area contributed by atoms with Gasteiger partial charge in [-0.3, -0.25) is 9.59 Å². The van der Waals surface area contributed by atoms with Crippen molar-refractivity contribution in [1.29, 1.82) is 0 Å². The lowest BCUT2D eigenvalue weighted by molar-refractivity contribution is -0.135. The van der Waals surface area contributed by atoms with E-state index < -0.39 is 0 Å². The molecule has 0 radical (unpaired) electrons. The Labute approximate surface area is 138 Å². The van der Waals surface area contributed by atoms with Crippen molar-refractivity contribution < 1.29 is 9.59 Å². The largest absolute Gasteiger partial charge is 0.342 e. The molecule has 0 bridgehead atoms. The van der Waals surface area contributed by atoms with E-state index in [1.165, 1.54) is 5.56 Å². The lowest BCUT2D eigenvalue weighted by Crippen LogP contribution is -2.42. The minimum atomic E-state index is 0.0167. The molecule has 2 amide bonds. The van der Waals surface area contributed by atoms with E-state index in [-0.39, 0.29) is 17.7 Å². The molecule has 0 atom stereocenters. The fourth-order valence-electron chi connectivity index (χ4n) is 3.15. The zero-order chi connectivity index (χ0) is 16.4. The fourth-order valence-corrected chi connectivity index (χ4v) is 3.15. The number of hydrogen-bond acceptors (Lipinski definition) is 2. The normalized spacial score (nSPS) is 19.0. The van der Waals surface area contributed by atoms with Crippen LogP contribution >= 0.6 is 0 Å². The molecule has 124 valence electrons. The van der Waals surface area contributed by atoms with E-state index >= 15 is 0 Å². The topological polar surface area (TPSA) is 49.4 Å². The van der Waals surface area contributed by atoms with Crippen molar-refractivity contribution in [3.8, 4) is 0 Å². The Bertz CT molecular complexity index is 568. The summed E-state index contributed by atoms with van der Waals surface area (Å²) >= 11 is 0. The molecular formula is C19H26N2O2. The van der Waals surface area contributed by atoms with Crippen LogP contribution in [0.5, 0.6) is 0 Å². The molecule has 0 aromatic heterocycles. The number of carbonyl (C=O) groups excluding carboxylic acids is 2. The molecule has 1 aromatic carbocycles. The Hall–Kier alpha value is -1.84. The predicted octanol–water partition coefficient (Wildman–Crippen LogP) is 3.40. The average molecular weight is 314 g/mol. The fraction of sp³-hybridized carbons (Fsp3) is 0.579. The van der Waals surface area contributed by atoms with Crippen LogP contribution in [0.15, 0.2) is 24.3 Å². The molecule has 1 heterocycles. The molecule has 2 fully saturated rings. The third-order valence-electron chi connectivity index (χ3n) is 4.95. The van der Waals surface area contributed by atoms with E-state index in [0.29, 0.717) is 11.8 Å². The number of benzene rings is 1. The summed E-state index contributed by atoms with van der Waals surface area (Å²) in [4.78, 5) is 26.4. The molecular weight excluding hydrogens is 288 g/mol. The molecule has 1 saturated carbocycles. The predicted molar refractivity (Wildman–Crippen MR) is 91.2 cm³/mol. The highest BCUT2D eigenvalue weighted by Gasteiger charge is 2.35. The SMILES string of the molecule is CC(C)c1ccc(NC(=O)C2CCN(C(=O)C3CC3)CC2)cc1. The van der Waals surface area contributed by atoms with Gasteiger partial charge < -0.3 is 10.2 Å². The van der Waals surface area contributed by atoms with Gasteiger partial charge in [0.05, 0.1) is 0 Å². The van der Waals surface area contributed by atoms with Crippen LogP contribution in [0.3, 0.4) is 0 Å². The summed E-state index contributed by atoms with van der Waals surface area (Å²) in [6.45, 7) is 5.76. The van der Waals surface area contributed by atoms with Crippen LogP contribution in [-0.2, 0) is 9.59 Å². The first-order valence-electron chi connectivity index (χ1n) is 8.74. The second-order valence-electron chi connectivity index (χ2n) is 7.14. The lowest BCUT2D eigenvalue weighted by Gasteiger charge is -2.31. The van der Waals surface area contributed by atoms with Gasteiger partial charge in [-0.25, -0.2) is 0 Å². The number of hydrogen-bond donors (Lipinski definition) is 1. The van der Waals surface area contributed by atoms with Gasteiger partial charge in [-0.1, -0.05) is 26.0 Å². The first-order chi connectivity index (χ1) is 11.0. The zero-order valence-corrected chi connectivity index (χ0v) is 14.0. The lowest BCUT2D eigenvalue weighted by atomic mass is 9.95. The summed E-state index contributed by atoms with van der Waals surface area (Å²) in [7, 11) is 0. The Balaban J connectivity index is 1.50. The quantitative estimate of drug-likeness (QED) is 0.926. The molecule has 1 aliphatic heterocycles. The van der Waals surface area contributed by atoms with Crippen molar-refractivity contribution in [3.05, 3.63) is 29.8 Å². The van der Waals surface area contributed by atoms with Crippen molar-refractivity contribution in [3.63, 3.8) is 0 Å². The van der Waals surface area contributed by atoms with E-state index in [2.05, 4.69) is 31.3 Å². The third kappa shape index (κ3) is 3.92. The standard InChI is InChI=1S/C19H26N2O2/c1-13(2)14-5-7-17(8-6-14)20-18(22)15-9-11-21(12-10-15)19(23)16-3-4-16/h5-8,13,15-16H,3-4,9-12H2,1-2H3,(H,20,22). The maximum atomic E-state index is 12.4. The van der Waals surface area contributed by atoms with Gasteiger partial charge in [-0.15, -0.1) is 0 Å². The van der Waals surface area contributed by atoms with Gasteiger partial charge in [0.15, 0.2) is 0 Å². The van der Waals surface area contributed by atoms with Crippen molar-refractivity contribution >= 4 is 17.5 Å². The van der Waals surface area contributed by atoms with Crippen LogP contribution in [0.25, 0.3) is 0 Å². The molecule has 0 unspecified atom stereocenters. The Morgan fingerprint density at radius 3 is 2.13 bits per heavy atom. The second kappa shape index (κ2) is 6.73. The van der Waals surface area contributed by atoms with E-state index in [1.807, 2.05) is 17.0 Å². The minimum absolute atomic E-state index is 0.0167. The van der Waals surface area contributed by atoms with Gasteiger partial charge in [-0.05, 0) is 49.3 Å². The Morgan fingerprint density at radius 2 is 1.61 bits per heavy atom. The van der Waals surface area contributed by atoms with E-state index in [1.54, 1.807) is 0 Å². The van der Waals surface area contributed by atoms with Crippen LogP contribution in [0.4, 0.5) is 5.69 Å². The Morgan fingerprint density at radius 1 is 1.00 bits per heavy atom. The van der Waals surface area contributed by atoms with Gasteiger partial charge in [0, 0.05) is 30.6 Å². The van der Waals surface area contributed by atoms with Crippen LogP contribution in [0.2, 0.25) is 0 Å². The number of amides is 2. The van der Waals surface area contributed by atoms with Gasteiger partial charge in [0.1, 0.15) is 0 Å². The molecule has 1 saturated heterocycles. The number of rotatable bonds is 4. The van der Waals surface area contributed by atoms with E-state index in [0.717, 1.165) is 44.5 Å². The van der Waals surface area contributed by atoms with Crippen LogP contribution in [0, 0.1) is 11.8 Å². The van der Waals surface area contributed by atoms with Crippen LogP contribution < -0.4 is 5.32 Å². The van der Waals surface area contributed by atoms with Gasteiger partial charge in [0.2, 0.25) is 11.8 Å². The number of piperidine rings is 1. The molecule has 1 N–H and O–H groups in total. The molecule has 0 spiro atoms. The summed E-state index contributed by atoms with van der Waals surface area (Å²) in [5.74, 6) is 1.17. The van der Waals surface area contributed by atoms with E-state index in [9.17, 15) is 9.59 Å². The number of anilines is 1. The minimum Gasteiger partial charge on any atom is -0.342 e. The number of nitrogens with one attached hydrogen (secondary N) is 1. The zero-order valence-electron chi connectivity index (χ0n) is 14.0. The van der Waals surface area contributed by atoms with Gasteiger partial charge in [-0.2, -0.15) is 0 Å². The smallest absolute Gasteiger partial charge is 0.227 e. The molecule has 4 heteroatoms. The second-order valence-corrected chi connectivity index (χ2v) is 7.14. The van der Waals surface area contributed by atoms with Crippen molar-refractivity contribution in [1.82, 2.24) is 4.90 Å². The van der Waals surface area contributed by atoms with Gasteiger partial charge in [0.25, 0.3) is 0 Å². The summed E-state index contributed by atoms with van der Waals surface area (Å²) in [5, 5.41) is 3.01. The molecule has 1 aliphatic carbocycles. The van der Waals surface area contributed by atoms with Crippen LogP contribution in [-0.4, -0.2) is 29.8 Å². The van der Waals surface area contributed by atoms with Crippen LogP contribution in [0.1, 0.15) is 51.0 Å². The number of nitrogens with zero attached hydrogens (tertiary/aromatic N) is 1. The van der Waals surface area contributed by atoms with Crippen molar-refractivity contribution in [2.45, 2.75) is 45.4 Å². The molecule has 23 heavy (non-hydrogen) atoms. The molecule has 1 aromatic rings. The first-order valence-corrected chi connectivity index (χ1v) is 8.74.